The van der Waals surface area contributed by atoms with Gasteiger partial charge in [0.25, 0.3) is 0 Å². The Bertz CT molecular complexity index is 568. The molecule has 3 rings (SSSR count). The summed E-state index contributed by atoms with van der Waals surface area (Å²) in [5, 5.41) is 3.60. The molecule has 2 heterocycles. The van der Waals surface area contributed by atoms with Crippen LogP contribution in [-0.2, 0) is 6.42 Å². The SMILES string of the molecule is CCCNC1CCCc2nc(-c3ccncc3)ncc21. The minimum atomic E-state index is 0.421. The Hall–Kier alpha value is -1.81. The third kappa shape index (κ3) is 2.70. The van der Waals surface area contributed by atoms with Crippen LogP contribution >= 0.6 is 0 Å². The Kier molecular flexibility index (Phi) is 4.02. The Morgan fingerprint density at radius 3 is 2.95 bits per heavy atom. The third-order valence-corrected chi connectivity index (χ3v) is 3.76. The number of hydrogen-bond donors (Lipinski definition) is 1. The van der Waals surface area contributed by atoms with Crippen LogP contribution in [0.5, 0.6) is 0 Å². The van der Waals surface area contributed by atoms with E-state index >= 15 is 0 Å². The van der Waals surface area contributed by atoms with Crippen molar-refractivity contribution in [2.24, 2.45) is 0 Å². The second-order valence-corrected chi connectivity index (χ2v) is 5.23. The number of rotatable bonds is 4. The van der Waals surface area contributed by atoms with Crippen LogP contribution in [0.15, 0.2) is 30.7 Å². The van der Waals surface area contributed by atoms with Crippen LogP contribution < -0.4 is 5.32 Å². The number of fused-ring (bicyclic) bond motifs is 1. The van der Waals surface area contributed by atoms with Gasteiger partial charge >= 0.3 is 0 Å². The molecular weight excluding hydrogens is 248 g/mol. The molecule has 0 aliphatic heterocycles. The van der Waals surface area contributed by atoms with Gasteiger partial charge in [-0.25, -0.2) is 9.97 Å². The summed E-state index contributed by atoms with van der Waals surface area (Å²) in [5.41, 5.74) is 3.51. The van der Waals surface area contributed by atoms with E-state index in [1.54, 1.807) is 12.4 Å². The number of aromatic nitrogens is 3. The van der Waals surface area contributed by atoms with E-state index in [1.807, 2.05) is 18.3 Å². The fourth-order valence-electron chi connectivity index (χ4n) is 2.72. The molecule has 4 heteroatoms. The van der Waals surface area contributed by atoms with E-state index in [-0.39, 0.29) is 0 Å². The van der Waals surface area contributed by atoms with E-state index in [1.165, 1.54) is 24.1 Å². The lowest BCUT2D eigenvalue weighted by atomic mass is 9.92. The van der Waals surface area contributed by atoms with Crippen LogP contribution in [0.4, 0.5) is 0 Å². The molecule has 0 saturated carbocycles. The second-order valence-electron chi connectivity index (χ2n) is 5.23. The van der Waals surface area contributed by atoms with Gasteiger partial charge in [0.05, 0.1) is 0 Å². The lowest BCUT2D eigenvalue weighted by Crippen LogP contribution is -2.26. The molecular formula is C16H20N4. The summed E-state index contributed by atoms with van der Waals surface area (Å²) in [6.07, 6.45) is 10.2. The number of hydrogen-bond acceptors (Lipinski definition) is 4. The van der Waals surface area contributed by atoms with Gasteiger partial charge in [0.1, 0.15) is 0 Å². The fourth-order valence-corrected chi connectivity index (χ4v) is 2.72. The zero-order chi connectivity index (χ0) is 13.8. The van der Waals surface area contributed by atoms with Gasteiger partial charge in [-0.3, -0.25) is 4.98 Å². The van der Waals surface area contributed by atoms with Crippen molar-refractivity contribution in [3.8, 4) is 11.4 Å². The molecule has 0 bridgehead atoms. The molecule has 0 radical (unpaired) electrons. The molecule has 1 aliphatic carbocycles. The maximum Gasteiger partial charge on any atom is 0.159 e. The molecule has 0 amide bonds. The molecule has 1 N–H and O–H groups in total. The zero-order valence-electron chi connectivity index (χ0n) is 11.8. The molecule has 2 aromatic rings. The number of nitrogens with zero attached hydrogens (tertiary/aromatic N) is 3. The zero-order valence-corrected chi connectivity index (χ0v) is 11.8. The predicted octanol–water partition coefficient (Wildman–Crippen LogP) is 2.92. The van der Waals surface area contributed by atoms with E-state index in [0.717, 1.165) is 30.8 Å². The lowest BCUT2D eigenvalue weighted by molar-refractivity contribution is 0.454. The molecule has 0 fully saturated rings. The lowest BCUT2D eigenvalue weighted by Gasteiger charge is -2.25. The normalized spacial score (nSPS) is 17.8. The van der Waals surface area contributed by atoms with Crippen LogP contribution in [0, 0.1) is 0 Å². The summed E-state index contributed by atoms with van der Waals surface area (Å²) in [6.45, 7) is 3.25. The Balaban J connectivity index is 1.89. The molecule has 0 aromatic carbocycles. The maximum absolute atomic E-state index is 4.76. The maximum atomic E-state index is 4.76. The topological polar surface area (TPSA) is 50.7 Å². The van der Waals surface area contributed by atoms with Crippen molar-refractivity contribution < 1.29 is 0 Å². The van der Waals surface area contributed by atoms with Crippen molar-refractivity contribution in [3.63, 3.8) is 0 Å². The van der Waals surface area contributed by atoms with Gasteiger partial charge in [0.2, 0.25) is 0 Å². The Morgan fingerprint density at radius 2 is 2.15 bits per heavy atom. The highest BCUT2D eigenvalue weighted by molar-refractivity contribution is 5.54. The van der Waals surface area contributed by atoms with Gasteiger partial charge in [-0.15, -0.1) is 0 Å². The van der Waals surface area contributed by atoms with Gasteiger partial charge in [-0.2, -0.15) is 0 Å². The largest absolute Gasteiger partial charge is 0.310 e. The molecule has 0 spiro atoms. The number of aryl methyl sites for hydroxylation is 1. The first kappa shape index (κ1) is 13.2. The van der Waals surface area contributed by atoms with Gasteiger partial charge < -0.3 is 5.32 Å². The van der Waals surface area contributed by atoms with Gasteiger partial charge in [-0.1, -0.05) is 6.92 Å². The highest BCUT2D eigenvalue weighted by Gasteiger charge is 2.21. The molecule has 0 saturated heterocycles. The van der Waals surface area contributed by atoms with Crippen LogP contribution in [0.3, 0.4) is 0 Å². The van der Waals surface area contributed by atoms with Crippen molar-refractivity contribution in [3.05, 3.63) is 42.0 Å². The van der Waals surface area contributed by atoms with Gasteiger partial charge in [-0.05, 0) is 44.4 Å². The quantitative estimate of drug-likeness (QED) is 0.926. The smallest absolute Gasteiger partial charge is 0.159 e. The van der Waals surface area contributed by atoms with Crippen molar-refractivity contribution in [2.75, 3.05) is 6.54 Å². The monoisotopic (exact) mass is 268 g/mol. The minimum absolute atomic E-state index is 0.421. The summed E-state index contributed by atoms with van der Waals surface area (Å²) in [6, 6.07) is 4.33. The third-order valence-electron chi connectivity index (χ3n) is 3.76. The first-order valence-electron chi connectivity index (χ1n) is 7.38. The van der Waals surface area contributed by atoms with E-state index in [0.29, 0.717) is 6.04 Å². The van der Waals surface area contributed by atoms with Crippen molar-refractivity contribution in [2.45, 2.75) is 38.6 Å². The molecule has 1 unspecified atom stereocenters. The van der Waals surface area contributed by atoms with E-state index in [4.69, 9.17) is 4.98 Å². The molecule has 1 aliphatic rings. The van der Waals surface area contributed by atoms with Gasteiger partial charge in [0, 0.05) is 41.5 Å². The second kappa shape index (κ2) is 6.09. The van der Waals surface area contributed by atoms with Crippen LogP contribution in [0.2, 0.25) is 0 Å². The van der Waals surface area contributed by atoms with Gasteiger partial charge in [0.15, 0.2) is 5.82 Å². The van der Waals surface area contributed by atoms with Crippen LogP contribution in [0.25, 0.3) is 11.4 Å². The molecule has 4 nitrogen and oxygen atoms in total. The van der Waals surface area contributed by atoms with E-state index in [2.05, 4.69) is 22.2 Å². The summed E-state index contributed by atoms with van der Waals surface area (Å²) >= 11 is 0. The van der Waals surface area contributed by atoms with Crippen LogP contribution in [-0.4, -0.2) is 21.5 Å². The molecule has 104 valence electrons. The molecule has 20 heavy (non-hydrogen) atoms. The summed E-state index contributed by atoms with van der Waals surface area (Å²) < 4.78 is 0. The summed E-state index contributed by atoms with van der Waals surface area (Å²) in [5.74, 6) is 0.808. The number of pyridine rings is 1. The van der Waals surface area contributed by atoms with Crippen molar-refractivity contribution in [1.29, 1.82) is 0 Å². The van der Waals surface area contributed by atoms with Crippen molar-refractivity contribution in [1.82, 2.24) is 20.3 Å². The van der Waals surface area contributed by atoms with Crippen molar-refractivity contribution >= 4 is 0 Å². The predicted molar refractivity (Wildman–Crippen MR) is 79.2 cm³/mol. The first-order chi connectivity index (χ1) is 9.88. The fraction of sp³-hybridized carbons (Fsp3) is 0.438. The minimum Gasteiger partial charge on any atom is -0.310 e. The Labute approximate surface area is 119 Å². The average Bonchev–Trinajstić information content (AvgIpc) is 2.53. The molecule has 2 aromatic heterocycles. The average molecular weight is 268 g/mol. The highest BCUT2D eigenvalue weighted by atomic mass is 14.9. The summed E-state index contributed by atoms with van der Waals surface area (Å²) in [7, 11) is 0. The van der Waals surface area contributed by atoms with E-state index < -0.39 is 0 Å². The molecule has 1 atom stereocenters. The van der Waals surface area contributed by atoms with E-state index in [9.17, 15) is 0 Å². The first-order valence-corrected chi connectivity index (χ1v) is 7.38. The summed E-state index contributed by atoms with van der Waals surface area (Å²) in [4.78, 5) is 13.3. The van der Waals surface area contributed by atoms with Crippen LogP contribution in [0.1, 0.15) is 43.5 Å². The number of nitrogens with one attached hydrogen (secondary N) is 1. The standard InChI is InChI=1S/C16H20N4/c1-2-8-18-14-4-3-5-15-13(14)11-19-16(20-15)12-6-9-17-10-7-12/h6-7,9-11,14,18H,2-5,8H2,1H3. The highest BCUT2D eigenvalue weighted by Crippen LogP contribution is 2.29. The Morgan fingerprint density at radius 1 is 1.30 bits per heavy atom.